The molecule has 0 saturated carbocycles. The molecular formula is C7H9F3N2O3. The maximum absolute atomic E-state index is 12.5. The number of carbonyl (C=O) groups excluding carboxylic acids is 1. The molecule has 0 radical (unpaired) electrons. The van der Waals surface area contributed by atoms with Gasteiger partial charge in [-0.05, 0) is 6.92 Å². The van der Waals surface area contributed by atoms with E-state index < -0.39 is 24.4 Å². The molecule has 0 aliphatic carbocycles. The van der Waals surface area contributed by atoms with Gasteiger partial charge >= 0.3 is 12.3 Å². The summed E-state index contributed by atoms with van der Waals surface area (Å²) >= 11 is 0. The second-order valence-corrected chi connectivity index (χ2v) is 3.11. The van der Waals surface area contributed by atoms with Crippen LogP contribution in [-0.4, -0.2) is 40.9 Å². The van der Waals surface area contributed by atoms with E-state index in [0.29, 0.717) is 0 Å². The van der Waals surface area contributed by atoms with E-state index in [0.717, 1.165) is 7.11 Å². The lowest BCUT2D eigenvalue weighted by Gasteiger charge is -2.31. The first-order valence-electron chi connectivity index (χ1n) is 3.93. The molecule has 8 heteroatoms. The summed E-state index contributed by atoms with van der Waals surface area (Å²) < 4.78 is 41.6. The molecule has 1 rings (SSSR count). The van der Waals surface area contributed by atoms with Crippen LogP contribution < -0.4 is 0 Å². The highest BCUT2D eigenvalue weighted by atomic mass is 19.4. The average molecular weight is 226 g/mol. The van der Waals surface area contributed by atoms with Gasteiger partial charge in [-0.1, -0.05) is 0 Å². The Bertz CT molecular complexity index is 315. The lowest BCUT2D eigenvalue weighted by atomic mass is 10.1. The Morgan fingerprint density at radius 1 is 1.67 bits per heavy atom. The second kappa shape index (κ2) is 3.37. The fourth-order valence-electron chi connectivity index (χ4n) is 1.22. The van der Waals surface area contributed by atoms with E-state index in [1.165, 1.54) is 6.92 Å². The van der Waals surface area contributed by atoms with Crippen molar-refractivity contribution >= 4 is 11.8 Å². The van der Waals surface area contributed by atoms with Gasteiger partial charge in [-0.25, -0.2) is 4.79 Å². The molecular weight excluding hydrogens is 217 g/mol. The van der Waals surface area contributed by atoms with Gasteiger partial charge in [-0.2, -0.15) is 23.3 Å². The molecule has 0 bridgehead atoms. The summed E-state index contributed by atoms with van der Waals surface area (Å²) in [5.74, 6) is 0. The van der Waals surface area contributed by atoms with E-state index in [1.54, 1.807) is 0 Å². The number of aliphatic hydroxyl groups is 1. The van der Waals surface area contributed by atoms with Crippen molar-refractivity contribution in [1.29, 1.82) is 0 Å². The van der Waals surface area contributed by atoms with Crippen LogP contribution in [0.15, 0.2) is 5.10 Å². The minimum Gasteiger partial charge on any atom is -0.451 e. The van der Waals surface area contributed by atoms with Gasteiger partial charge in [0.05, 0.1) is 7.11 Å². The molecule has 0 aromatic heterocycles. The number of hydrogen-bond donors (Lipinski definition) is 1. The number of alkyl halides is 3. The van der Waals surface area contributed by atoms with Crippen LogP contribution in [0.3, 0.4) is 0 Å². The first-order chi connectivity index (χ1) is 6.72. The normalized spacial score (nSPS) is 26.5. The number of methoxy groups -OCH3 is 1. The largest absolute Gasteiger partial charge is 0.451 e. The van der Waals surface area contributed by atoms with Gasteiger partial charge in [0.1, 0.15) is 0 Å². The van der Waals surface area contributed by atoms with Gasteiger partial charge < -0.3 is 9.84 Å². The summed E-state index contributed by atoms with van der Waals surface area (Å²) in [4.78, 5) is 11.0. The van der Waals surface area contributed by atoms with Crippen LogP contribution in [0.4, 0.5) is 18.0 Å². The second-order valence-electron chi connectivity index (χ2n) is 3.11. The molecule has 0 aromatic carbocycles. The first-order valence-corrected chi connectivity index (χ1v) is 3.93. The molecule has 1 heterocycles. The van der Waals surface area contributed by atoms with Crippen molar-refractivity contribution in [3.8, 4) is 0 Å². The molecule has 0 unspecified atom stereocenters. The molecule has 0 spiro atoms. The van der Waals surface area contributed by atoms with E-state index in [-0.39, 0.29) is 10.7 Å². The van der Waals surface area contributed by atoms with Crippen LogP contribution in [0, 0.1) is 0 Å². The lowest BCUT2D eigenvalue weighted by molar-refractivity contribution is -0.299. The van der Waals surface area contributed by atoms with E-state index >= 15 is 0 Å². The van der Waals surface area contributed by atoms with Crippen LogP contribution in [0.5, 0.6) is 0 Å². The third-order valence-corrected chi connectivity index (χ3v) is 1.92. The quantitative estimate of drug-likeness (QED) is 0.672. The van der Waals surface area contributed by atoms with Crippen molar-refractivity contribution < 1.29 is 27.8 Å². The van der Waals surface area contributed by atoms with Crippen molar-refractivity contribution in [2.24, 2.45) is 5.10 Å². The Labute approximate surface area is 83.1 Å². The van der Waals surface area contributed by atoms with Gasteiger partial charge in [0, 0.05) is 12.1 Å². The molecule has 0 aromatic rings. The molecule has 5 nitrogen and oxygen atoms in total. The number of ether oxygens (including phenoxy) is 1. The SMILES string of the molecule is COC(=O)N1N=C(C)C[C@]1(O)C(F)(F)F. The number of halogens is 3. The molecule has 1 N–H and O–H groups in total. The molecule has 86 valence electrons. The van der Waals surface area contributed by atoms with Crippen LogP contribution in [0.2, 0.25) is 0 Å². The van der Waals surface area contributed by atoms with E-state index in [9.17, 15) is 23.1 Å². The van der Waals surface area contributed by atoms with Gasteiger partial charge in [0.25, 0.3) is 5.72 Å². The molecule has 1 aliphatic rings. The van der Waals surface area contributed by atoms with E-state index in [2.05, 4.69) is 9.84 Å². The fraction of sp³-hybridized carbons (Fsp3) is 0.714. The van der Waals surface area contributed by atoms with Crippen LogP contribution >= 0.6 is 0 Å². The highest BCUT2D eigenvalue weighted by Gasteiger charge is 2.63. The molecule has 1 aliphatic heterocycles. The summed E-state index contributed by atoms with van der Waals surface area (Å²) in [6.45, 7) is 1.28. The number of hydrazone groups is 1. The van der Waals surface area contributed by atoms with Crippen molar-refractivity contribution in [2.75, 3.05) is 7.11 Å². The Kier molecular flexibility index (Phi) is 2.64. The minimum atomic E-state index is -4.98. The Morgan fingerprint density at radius 2 is 2.20 bits per heavy atom. The Balaban J connectivity index is 3.07. The zero-order chi connectivity index (χ0) is 11.9. The van der Waals surface area contributed by atoms with Crippen LogP contribution in [-0.2, 0) is 4.74 Å². The minimum absolute atomic E-state index is 0.000208. The predicted molar refractivity (Wildman–Crippen MR) is 43.0 cm³/mol. The molecule has 0 saturated heterocycles. The highest BCUT2D eigenvalue weighted by molar-refractivity contribution is 5.87. The summed E-state index contributed by atoms with van der Waals surface area (Å²) in [5, 5.41) is 12.5. The average Bonchev–Trinajstić information content (AvgIpc) is 2.40. The smallest absolute Gasteiger partial charge is 0.439 e. The maximum atomic E-state index is 12.5. The summed E-state index contributed by atoms with van der Waals surface area (Å²) in [5.41, 5.74) is -3.30. The molecule has 0 fully saturated rings. The third kappa shape index (κ3) is 1.76. The predicted octanol–water partition coefficient (Wildman–Crippen LogP) is 1.09. The Hall–Kier alpha value is -1.31. The zero-order valence-electron chi connectivity index (χ0n) is 8.00. The number of hydrogen-bond acceptors (Lipinski definition) is 4. The topological polar surface area (TPSA) is 62.1 Å². The highest BCUT2D eigenvalue weighted by Crippen LogP contribution is 2.40. The number of amides is 1. The zero-order valence-corrected chi connectivity index (χ0v) is 8.00. The first kappa shape index (κ1) is 11.8. The van der Waals surface area contributed by atoms with Gasteiger partial charge in [0.15, 0.2) is 0 Å². The number of nitrogens with zero attached hydrogens (tertiary/aromatic N) is 2. The summed E-state index contributed by atoms with van der Waals surface area (Å²) in [6.07, 6.45) is -7.11. The maximum Gasteiger partial charge on any atom is 0.439 e. The third-order valence-electron chi connectivity index (χ3n) is 1.92. The monoisotopic (exact) mass is 226 g/mol. The molecule has 15 heavy (non-hydrogen) atoms. The van der Waals surface area contributed by atoms with E-state index in [1.807, 2.05) is 0 Å². The van der Waals surface area contributed by atoms with Crippen LogP contribution in [0.1, 0.15) is 13.3 Å². The fourth-order valence-corrected chi connectivity index (χ4v) is 1.22. The van der Waals surface area contributed by atoms with Crippen molar-refractivity contribution in [3.63, 3.8) is 0 Å². The molecule has 1 atom stereocenters. The van der Waals surface area contributed by atoms with Gasteiger partial charge in [-0.3, -0.25) is 0 Å². The summed E-state index contributed by atoms with van der Waals surface area (Å²) in [7, 11) is 0.905. The standard InChI is InChI=1S/C7H9F3N2O3/c1-4-3-6(14,7(8,9)10)12(11-4)5(13)15-2/h14H,3H2,1-2H3/t6-/m0/s1. The van der Waals surface area contributed by atoms with E-state index in [4.69, 9.17) is 0 Å². The van der Waals surface area contributed by atoms with Gasteiger partial charge in [-0.15, -0.1) is 0 Å². The Morgan fingerprint density at radius 3 is 2.60 bits per heavy atom. The van der Waals surface area contributed by atoms with Crippen molar-refractivity contribution in [2.45, 2.75) is 25.2 Å². The van der Waals surface area contributed by atoms with Gasteiger partial charge in [0.2, 0.25) is 0 Å². The summed E-state index contributed by atoms with van der Waals surface area (Å²) in [6, 6.07) is 0. The number of carbonyl (C=O) groups is 1. The molecule has 1 amide bonds. The lowest BCUT2D eigenvalue weighted by Crippen LogP contribution is -2.56. The van der Waals surface area contributed by atoms with Crippen molar-refractivity contribution in [1.82, 2.24) is 5.01 Å². The van der Waals surface area contributed by atoms with Crippen LogP contribution in [0.25, 0.3) is 0 Å². The number of rotatable bonds is 0. The van der Waals surface area contributed by atoms with Crippen molar-refractivity contribution in [3.05, 3.63) is 0 Å².